The van der Waals surface area contributed by atoms with Gasteiger partial charge in [0.2, 0.25) is 0 Å². The highest BCUT2D eigenvalue weighted by Crippen LogP contribution is 2.30. The number of carboxylic acid groups (broad SMARTS) is 1. The summed E-state index contributed by atoms with van der Waals surface area (Å²) in [5.41, 5.74) is -0.889. The third kappa shape index (κ3) is 1.57. The number of likely N-dealkylation sites (tertiary alicyclic amines) is 1. The van der Waals surface area contributed by atoms with E-state index in [0.29, 0.717) is 19.4 Å². The predicted octanol–water partition coefficient (Wildman–Crippen LogP) is 0.617. The average Bonchev–Trinajstić information content (AvgIpc) is 2.85. The molecule has 1 aliphatic heterocycles. The molecule has 1 aliphatic rings. The molecule has 1 fully saturated rings. The topological polar surface area (TPSA) is 83.4 Å². The van der Waals surface area contributed by atoms with Gasteiger partial charge in [0.1, 0.15) is 5.54 Å². The highest BCUT2D eigenvalue weighted by Gasteiger charge is 2.46. The van der Waals surface area contributed by atoms with Crippen molar-refractivity contribution in [2.24, 2.45) is 0 Å². The lowest BCUT2D eigenvalue weighted by Crippen LogP contribution is -2.50. The highest BCUT2D eigenvalue weighted by atomic mass is 32.1. The Balaban J connectivity index is 2.27. The Morgan fingerprint density at radius 2 is 2.38 bits per heavy atom. The smallest absolute Gasteiger partial charge is 0.329 e. The molecule has 0 aliphatic carbocycles. The predicted molar refractivity (Wildman–Crippen MR) is 56.2 cm³/mol. The molecule has 1 aromatic heterocycles. The van der Waals surface area contributed by atoms with Gasteiger partial charge in [-0.1, -0.05) is 0 Å². The van der Waals surface area contributed by atoms with E-state index < -0.39 is 11.5 Å². The first-order valence-electron chi connectivity index (χ1n) is 4.88. The lowest BCUT2D eigenvalue weighted by molar-refractivity contribution is -0.147. The Labute approximate surface area is 96.2 Å². The molecule has 0 spiro atoms. The highest BCUT2D eigenvalue weighted by molar-refractivity contribution is 6.99. The number of amides is 1. The van der Waals surface area contributed by atoms with Crippen LogP contribution in [0.3, 0.4) is 0 Å². The number of carbonyl (C=O) groups is 2. The number of aliphatic carboxylic acids is 1. The van der Waals surface area contributed by atoms with Crippen LogP contribution in [0.25, 0.3) is 0 Å². The van der Waals surface area contributed by atoms with E-state index in [-0.39, 0.29) is 11.6 Å². The minimum absolute atomic E-state index is 0.222. The van der Waals surface area contributed by atoms with E-state index in [9.17, 15) is 9.59 Å². The van der Waals surface area contributed by atoms with Gasteiger partial charge < -0.3 is 10.0 Å². The number of carbonyl (C=O) groups excluding carboxylic acids is 1. The molecule has 6 nitrogen and oxygen atoms in total. The summed E-state index contributed by atoms with van der Waals surface area (Å²) in [7, 11) is 0. The molecule has 1 N–H and O–H groups in total. The van der Waals surface area contributed by atoms with Crippen molar-refractivity contribution in [3.63, 3.8) is 0 Å². The number of hydrogen-bond acceptors (Lipinski definition) is 5. The van der Waals surface area contributed by atoms with Crippen molar-refractivity contribution < 1.29 is 14.7 Å². The zero-order valence-electron chi connectivity index (χ0n) is 8.71. The normalized spacial score (nSPS) is 24.7. The summed E-state index contributed by atoms with van der Waals surface area (Å²) in [6.45, 7) is 2.03. The van der Waals surface area contributed by atoms with Crippen molar-refractivity contribution in [3.05, 3.63) is 11.9 Å². The molecular weight excluding hydrogens is 230 g/mol. The van der Waals surface area contributed by atoms with E-state index in [1.54, 1.807) is 6.92 Å². The second-order valence-corrected chi connectivity index (χ2v) is 4.49. The monoisotopic (exact) mass is 241 g/mol. The van der Waals surface area contributed by atoms with Crippen LogP contribution < -0.4 is 0 Å². The summed E-state index contributed by atoms with van der Waals surface area (Å²) >= 11 is 0.940. The Bertz CT molecular complexity index is 420. The molecule has 86 valence electrons. The van der Waals surface area contributed by atoms with Gasteiger partial charge in [-0.3, -0.25) is 4.79 Å². The molecule has 0 bridgehead atoms. The number of carboxylic acids is 1. The Hall–Kier alpha value is -1.50. The number of nitrogens with zero attached hydrogens (tertiary/aromatic N) is 3. The van der Waals surface area contributed by atoms with E-state index >= 15 is 0 Å². The zero-order chi connectivity index (χ0) is 11.8. The second-order valence-electron chi connectivity index (χ2n) is 3.93. The standard InChI is InChI=1S/C9H11N3O3S/c1-9(8(14)15)3-2-4-12(9)7(13)6-5-10-16-11-6/h5H,2-4H2,1H3,(H,14,15). The quantitative estimate of drug-likeness (QED) is 0.820. The largest absolute Gasteiger partial charge is 0.480 e. The van der Waals surface area contributed by atoms with Crippen molar-refractivity contribution in [2.75, 3.05) is 6.54 Å². The van der Waals surface area contributed by atoms with Gasteiger partial charge in [-0.25, -0.2) is 4.79 Å². The molecule has 1 saturated heterocycles. The maximum absolute atomic E-state index is 12.0. The van der Waals surface area contributed by atoms with E-state index in [1.165, 1.54) is 11.1 Å². The fourth-order valence-corrected chi connectivity index (χ4v) is 2.32. The molecular formula is C9H11N3O3S. The Morgan fingerprint density at radius 1 is 1.62 bits per heavy atom. The van der Waals surface area contributed by atoms with E-state index in [0.717, 1.165) is 11.7 Å². The van der Waals surface area contributed by atoms with Crippen molar-refractivity contribution >= 4 is 23.6 Å². The van der Waals surface area contributed by atoms with E-state index in [4.69, 9.17) is 5.11 Å². The Morgan fingerprint density at radius 3 is 2.94 bits per heavy atom. The molecule has 0 radical (unpaired) electrons. The van der Waals surface area contributed by atoms with Crippen molar-refractivity contribution in [3.8, 4) is 0 Å². The molecule has 0 saturated carbocycles. The summed E-state index contributed by atoms with van der Waals surface area (Å²) in [5.74, 6) is -1.32. The Kier molecular flexibility index (Phi) is 2.63. The third-order valence-electron chi connectivity index (χ3n) is 2.93. The van der Waals surface area contributed by atoms with Crippen LogP contribution >= 0.6 is 11.7 Å². The lowest BCUT2D eigenvalue weighted by Gasteiger charge is -2.30. The van der Waals surface area contributed by atoms with E-state index in [1.807, 2.05) is 0 Å². The molecule has 7 heteroatoms. The first-order valence-corrected chi connectivity index (χ1v) is 5.61. The van der Waals surface area contributed by atoms with Gasteiger partial charge in [-0.05, 0) is 19.8 Å². The maximum atomic E-state index is 12.0. The van der Waals surface area contributed by atoms with Crippen LogP contribution in [0.2, 0.25) is 0 Å². The molecule has 1 unspecified atom stereocenters. The van der Waals surface area contributed by atoms with Crippen LogP contribution in [0.5, 0.6) is 0 Å². The van der Waals surface area contributed by atoms with Gasteiger partial charge in [-0.15, -0.1) is 0 Å². The lowest BCUT2D eigenvalue weighted by atomic mass is 9.99. The number of hydrogen-bond donors (Lipinski definition) is 1. The van der Waals surface area contributed by atoms with Gasteiger partial charge in [0.05, 0.1) is 17.9 Å². The summed E-state index contributed by atoms with van der Waals surface area (Å²) in [5, 5.41) is 9.16. The minimum atomic E-state index is -1.11. The van der Waals surface area contributed by atoms with Crippen molar-refractivity contribution in [1.82, 2.24) is 13.6 Å². The van der Waals surface area contributed by atoms with Crippen LogP contribution in [0.4, 0.5) is 0 Å². The van der Waals surface area contributed by atoms with Crippen LogP contribution in [0.15, 0.2) is 6.20 Å². The third-order valence-corrected chi connectivity index (χ3v) is 3.41. The van der Waals surface area contributed by atoms with Crippen LogP contribution in [-0.2, 0) is 4.79 Å². The average molecular weight is 241 g/mol. The minimum Gasteiger partial charge on any atom is -0.480 e. The number of rotatable bonds is 2. The summed E-state index contributed by atoms with van der Waals surface area (Å²) in [4.78, 5) is 24.5. The van der Waals surface area contributed by atoms with Crippen LogP contribution in [0.1, 0.15) is 30.3 Å². The number of aromatic nitrogens is 2. The fraction of sp³-hybridized carbons (Fsp3) is 0.556. The van der Waals surface area contributed by atoms with Gasteiger partial charge in [0.25, 0.3) is 5.91 Å². The van der Waals surface area contributed by atoms with Gasteiger partial charge >= 0.3 is 5.97 Å². The van der Waals surface area contributed by atoms with Crippen LogP contribution in [0, 0.1) is 0 Å². The molecule has 2 heterocycles. The van der Waals surface area contributed by atoms with Gasteiger partial charge in [0, 0.05) is 6.54 Å². The SMILES string of the molecule is CC1(C(=O)O)CCCN1C(=O)c1cnsn1. The molecule has 2 rings (SSSR count). The van der Waals surface area contributed by atoms with Crippen LogP contribution in [-0.4, -0.2) is 42.7 Å². The fourth-order valence-electron chi connectivity index (χ4n) is 1.91. The summed E-state index contributed by atoms with van der Waals surface area (Å²) in [6, 6.07) is 0. The molecule has 1 amide bonds. The van der Waals surface area contributed by atoms with E-state index in [2.05, 4.69) is 8.75 Å². The summed E-state index contributed by atoms with van der Waals surface area (Å²) in [6.07, 6.45) is 2.55. The summed E-state index contributed by atoms with van der Waals surface area (Å²) < 4.78 is 7.57. The first kappa shape index (κ1) is 11.0. The van der Waals surface area contributed by atoms with Gasteiger partial charge in [0.15, 0.2) is 5.69 Å². The molecule has 1 aromatic rings. The van der Waals surface area contributed by atoms with Crippen molar-refractivity contribution in [2.45, 2.75) is 25.3 Å². The molecule has 0 aromatic carbocycles. The molecule has 1 atom stereocenters. The second kappa shape index (κ2) is 3.82. The van der Waals surface area contributed by atoms with Crippen molar-refractivity contribution in [1.29, 1.82) is 0 Å². The zero-order valence-corrected chi connectivity index (χ0v) is 9.53. The maximum Gasteiger partial charge on any atom is 0.329 e. The first-order chi connectivity index (χ1) is 7.55. The molecule has 16 heavy (non-hydrogen) atoms. The van der Waals surface area contributed by atoms with Gasteiger partial charge in [-0.2, -0.15) is 8.75 Å².